The number of hydrogen-bond acceptors (Lipinski definition) is 4. The summed E-state index contributed by atoms with van der Waals surface area (Å²) in [6, 6.07) is 13.1. The van der Waals surface area contributed by atoms with Crippen LogP contribution in [0.2, 0.25) is 0 Å². The molecule has 4 rings (SSSR count). The maximum Gasteiger partial charge on any atom is 0.319 e. The van der Waals surface area contributed by atoms with E-state index < -0.39 is 0 Å². The number of hydrogen-bond donors (Lipinski definition) is 2. The summed E-state index contributed by atoms with van der Waals surface area (Å²) in [6.07, 6.45) is 9.50. The molecule has 5 nitrogen and oxygen atoms in total. The molecule has 2 bridgehead atoms. The van der Waals surface area contributed by atoms with E-state index >= 15 is 0 Å². The van der Waals surface area contributed by atoms with Crippen LogP contribution in [0.25, 0.3) is 0 Å². The van der Waals surface area contributed by atoms with E-state index in [1.54, 1.807) is 18.0 Å². The first-order valence-corrected chi connectivity index (χ1v) is 10.9. The van der Waals surface area contributed by atoms with E-state index in [1.807, 2.05) is 36.6 Å². The van der Waals surface area contributed by atoms with Crippen molar-refractivity contribution in [3.8, 4) is 0 Å². The Morgan fingerprint density at radius 3 is 2.56 bits per heavy atom. The zero-order chi connectivity index (χ0) is 18.6. The second kappa shape index (κ2) is 8.40. The number of rotatable bonds is 5. The van der Waals surface area contributed by atoms with Gasteiger partial charge in [0, 0.05) is 28.7 Å². The summed E-state index contributed by atoms with van der Waals surface area (Å²) in [5.74, 6) is 1.03. The molecule has 3 atom stereocenters. The van der Waals surface area contributed by atoms with Crippen molar-refractivity contribution in [2.45, 2.75) is 61.7 Å². The van der Waals surface area contributed by atoms with Crippen molar-refractivity contribution in [2.24, 2.45) is 0 Å². The maximum atomic E-state index is 12.4. The molecular weight excluding hydrogens is 358 g/mol. The van der Waals surface area contributed by atoms with Crippen molar-refractivity contribution in [1.82, 2.24) is 10.2 Å². The number of nitrogens with zero attached hydrogens (tertiary/aromatic N) is 1. The molecule has 3 heterocycles. The van der Waals surface area contributed by atoms with Gasteiger partial charge in [0.2, 0.25) is 0 Å². The third-order valence-corrected chi connectivity index (χ3v) is 6.47. The molecule has 2 saturated heterocycles. The molecule has 27 heavy (non-hydrogen) atoms. The first-order chi connectivity index (χ1) is 13.2. The highest BCUT2D eigenvalue weighted by atomic mass is 32.2. The smallest absolute Gasteiger partial charge is 0.319 e. The summed E-state index contributed by atoms with van der Waals surface area (Å²) in [7, 11) is 0. The van der Waals surface area contributed by atoms with Crippen molar-refractivity contribution >= 4 is 23.5 Å². The third kappa shape index (κ3) is 4.50. The Balaban J connectivity index is 1.33. The summed E-state index contributed by atoms with van der Waals surface area (Å²) in [6.45, 7) is 0.878. The number of anilines is 1. The van der Waals surface area contributed by atoms with Gasteiger partial charge in [-0.25, -0.2) is 4.79 Å². The fraction of sp³-hybridized carbons (Fsp3) is 0.476. The molecule has 0 saturated carbocycles. The van der Waals surface area contributed by atoms with E-state index in [9.17, 15) is 4.79 Å². The number of fused-ring (bicyclic) bond motifs is 2. The van der Waals surface area contributed by atoms with Gasteiger partial charge in [0.15, 0.2) is 0 Å². The molecule has 1 aromatic heterocycles. The summed E-state index contributed by atoms with van der Waals surface area (Å²) >= 11 is 1.70. The van der Waals surface area contributed by atoms with Gasteiger partial charge < -0.3 is 15.1 Å². The molecule has 6 heteroatoms. The molecule has 144 valence electrons. The van der Waals surface area contributed by atoms with Crippen molar-refractivity contribution in [1.29, 1.82) is 0 Å². The first kappa shape index (κ1) is 18.4. The van der Waals surface area contributed by atoms with Gasteiger partial charge in [-0.3, -0.25) is 4.90 Å². The second-order valence-corrected chi connectivity index (χ2v) is 8.37. The van der Waals surface area contributed by atoms with Crippen LogP contribution in [-0.2, 0) is 6.54 Å². The zero-order valence-corrected chi connectivity index (χ0v) is 16.5. The van der Waals surface area contributed by atoms with Crippen LogP contribution in [0.1, 0.15) is 37.9 Å². The minimum Gasteiger partial charge on any atom is -0.468 e. The molecule has 0 radical (unpaired) electrons. The number of carbonyl (C=O) groups excluding carboxylic acids is 1. The van der Waals surface area contributed by atoms with E-state index in [0.717, 1.165) is 30.8 Å². The maximum absolute atomic E-state index is 12.4. The van der Waals surface area contributed by atoms with Gasteiger partial charge >= 0.3 is 6.03 Å². The van der Waals surface area contributed by atoms with Crippen LogP contribution in [0.15, 0.2) is 52.0 Å². The van der Waals surface area contributed by atoms with E-state index in [4.69, 9.17) is 4.42 Å². The Labute approximate surface area is 164 Å². The summed E-state index contributed by atoms with van der Waals surface area (Å²) in [5, 5.41) is 6.16. The number of benzene rings is 1. The fourth-order valence-corrected chi connectivity index (χ4v) is 4.87. The van der Waals surface area contributed by atoms with Crippen molar-refractivity contribution in [2.75, 3.05) is 11.6 Å². The van der Waals surface area contributed by atoms with Crippen LogP contribution in [0.4, 0.5) is 10.5 Å². The lowest BCUT2D eigenvalue weighted by molar-refractivity contribution is 0.0150. The highest BCUT2D eigenvalue weighted by Crippen LogP contribution is 2.35. The average Bonchev–Trinajstić information content (AvgIpc) is 3.16. The summed E-state index contributed by atoms with van der Waals surface area (Å²) < 4.78 is 5.55. The first-order valence-electron chi connectivity index (χ1n) is 9.71. The molecule has 2 amide bonds. The van der Waals surface area contributed by atoms with Gasteiger partial charge in [-0.05, 0) is 68.3 Å². The molecule has 0 spiro atoms. The Bertz CT molecular complexity index is 733. The molecule has 1 aromatic carbocycles. The number of urea groups is 1. The Hall–Kier alpha value is -1.92. The van der Waals surface area contributed by atoms with Gasteiger partial charge in [-0.2, -0.15) is 0 Å². The number of thioether (sulfide) groups is 1. The van der Waals surface area contributed by atoms with Gasteiger partial charge in [-0.15, -0.1) is 11.8 Å². The van der Waals surface area contributed by atoms with Gasteiger partial charge in [0.1, 0.15) is 5.76 Å². The largest absolute Gasteiger partial charge is 0.468 e. The molecule has 2 aliphatic rings. The lowest BCUT2D eigenvalue weighted by atomic mass is 9.81. The SMILES string of the molecule is CSc1ccc(NC(=O)NC2C[C@H]3CCC[C@@H](C2)N3Cc2ccco2)cc1. The summed E-state index contributed by atoms with van der Waals surface area (Å²) in [4.78, 5) is 16.2. The standard InChI is InChI=1S/C21H27N3O2S/c1-27-20-9-7-15(8-10-20)22-21(25)23-16-12-17-4-2-5-18(13-16)24(17)14-19-6-3-11-26-19/h3,6-11,16-18H,2,4-5,12-14H2,1H3,(H2,22,23,25)/t16?,17-,18+. The molecule has 2 aromatic rings. The van der Waals surface area contributed by atoms with Crippen LogP contribution >= 0.6 is 11.8 Å². The Morgan fingerprint density at radius 1 is 1.19 bits per heavy atom. The Morgan fingerprint density at radius 2 is 1.93 bits per heavy atom. The second-order valence-electron chi connectivity index (χ2n) is 7.49. The Kier molecular flexibility index (Phi) is 5.74. The van der Waals surface area contributed by atoms with Crippen LogP contribution in [0.3, 0.4) is 0 Å². The number of carbonyl (C=O) groups is 1. The normalized spacial score (nSPS) is 25.1. The van der Waals surface area contributed by atoms with Crippen LogP contribution in [0, 0.1) is 0 Å². The number of piperidine rings is 2. The molecule has 2 N–H and O–H groups in total. The lowest BCUT2D eigenvalue weighted by Crippen LogP contribution is -2.56. The molecule has 1 unspecified atom stereocenters. The molecular formula is C21H27N3O2S. The highest BCUT2D eigenvalue weighted by molar-refractivity contribution is 7.98. The monoisotopic (exact) mass is 385 g/mol. The minimum atomic E-state index is -0.102. The summed E-state index contributed by atoms with van der Waals surface area (Å²) in [5.41, 5.74) is 0.834. The number of nitrogens with one attached hydrogen (secondary N) is 2. The van der Waals surface area contributed by atoms with Gasteiger partial charge in [0.05, 0.1) is 12.8 Å². The van der Waals surface area contributed by atoms with E-state index in [-0.39, 0.29) is 12.1 Å². The number of amides is 2. The van der Waals surface area contributed by atoms with Crippen molar-refractivity contribution in [3.05, 3.63) is 48.4 Å². The van der Waals surface area contributed by atoms with E-state index in [2.05, 4.69) is 21.6 Å². The lowest BCUT2D eigenvalue weighted by Gasteiger charge is -2.48. The predicted molar refractivity (Wildman–Crippen MR) is 109 cm³/mol. The van der Waals surface area contributed by atoms with Crippen molar-refractivity contribution < 1.29 is 9.21 Å². The molecule has 2 aliphatic heterocycles. The van der Waals surface area contributed by atoms with Crippen LogP contribution in [0.5, 0.6) is 0 Å². The zero-order valence-electron chi connectivity index (χ0n) is 15.7. The molecule has 2 fully saturated rings. The number of furan rings is 1. The van der Waals surface area contributed by atoms with Gasteiger partial charge in [0.25, 0.3) is 0 Å². The minimum absolute atomic E-state index is 0.102. The van der Waals surface area contributed by atoms with Crippen LogP contribution in [-0.4, -0.2) is 35.3 Å². The van der Waals surface area contributed by atoms with Crippen LogP contribution < -0.4 is 10.6 Å². The fourth-order valence-electron chi connectivity index (χ4n) is 4.46. The topological polar surface area (TPSA) is 57.5 Å². The van der Waals surface area contributed by atoms with E-state index in [1.165, 1.54) is 24.2 Å². The predicted octanol–water partition coefficient (Wildman–Crippen LogP) is 4.71. The highest BCUT2D eigenvalue weighted by Gasteiger charge is 2.38. The van der Waals surface area contributed by atoms with E-state index in [0.29, 0.717) is 12.1 Å². The molecule has 0 aliphatic carbocycles. The quantitative estimate of drug-likeness (QED) is 0.732. The van der Waals surface area contributed by atoms with Crippen molar-refractivity contribution in [3.63, 3.8) is 0 Å². The average molecular weight is 386 g/mol. The third-order valence-electron chi connectivity index (χ3n) is 5.73. The van der Waals surface area contributed by atoms with Gasteiger partial charge in [-0.1, -0.05) is 6.42 Å².